The Morgan fingerprint density at radius 2 is 1.37 bits per heavy atom. The van der Waals surface area contributed by atoms with Crippen molar-refractivity contribution >= 4 is 11.3 Å². The Morgan fingerprint density at radius 3 is 1.79 bits per heavy atom. The Bertz CT molecular complexity index is 753. The number of fused-ring (bicyclic) bond motifs is 1. The zero-order valence-electron chi connectivity index (χ0n) is 9.32. The summed E-state index contributed by atoms with van der Waals surface area (Å²) in [5.74, 6) is 0. The Balaban J connectivity index is 2.82. The highest BCUT2D eigenvalue weighted by Crippen LogP contribution is 2.30. The smallest absolute Gasteiger partial charge is 0.228 e. The third-order valence-electron chi connectivity index (χ3n) is 2.17. The van der Waals surface area contributed by atoms with Gasteiger partial charge in [-0.15, -0.1) is 0 Å². The van der Waals surface area contributed by atoms with Gasteiger partial charge in [-0.3, -0.25) is 0 Å². The van der Waals surface area contributed by atoms with E-state index in [-0.39, 0.29) is 22.7 Å². The number of nitriles is 2. The van der Waals surface area contributed by atoms with Gasteiger partial charge in [-0.05, 0) is 6.92 Å². The lowest BCUT2D eigenvalue weighted by Gasteiger charge is -2.08. The molecule has 19 heavy (non-hydrogen) atoms. The average molecular weight is 264 g/mol. The number of aryl methyl sites for hydroxylation is 1. The van der Waals surface area contributed by atoms with Gasteiger partial charge in [-0.1, -0.05) is 0 Å². The number of rotatable bonds is 0. The minimum atomic E-state index is -4.67. The molecule has 0 amide bonds. The predicted octanol–water partition coefficient (Wildman–Crippen LogP) is 1.49. The number of hydrogen-bond acceptors (Lipinski definition) is 6. The van der Waals surface area contributed by atoms with Crippen LogP contribution in [0.4, 0.5) is 13.2 Å². The molecule has 2 heterocycles. The van der Waals surface area contributed by atoms with Gasteiger partial charge in [-0.2, -0.15) is 23.7 Å². The molecule has 2 aromatic rings. The van der Waals surface area contributed by atoms with E-state index in [1.807, 2.05) is 0 Å². The van der Waals surface area contributed by atoms with Crippen molar-refractivity contribution < 1.29 is 13.2 Å². The average Bonchev–Trinajstić information content (AvgIpc) is 2.35. The molecule has 2 aromatic heterocycles. The molecule has 0 bridgehead atoms. The first-order chi connectivity index (χ1) is 8.86. The molecule has 6 nitrogen and oxygen atoms in total. The maximum atomic E-state index is 12.6. The van der Waals surface area contributed by atoms with Gasteiger partial charge in [0.05, 0.1) is 5.69 Å². The lowest BCUT2D eigenvalue weighted by Crippen LogP contribution is -2.13. The van der Waals surface area contributed by atoms with E-state index < -0.39 is 17.5 Å². The van der Waals surface area contributed by atoms with E-state index in [9.17, 15) is 13.2 Å². The summed E-state index contributed by atoms with van der Waals surface area (Å²) >= 11 is 0. The standard InChI is InChI=1S/C10H3F3N6/c1-4-7(10(11,12)13)19-9-8(16-4)17-5(2-14)6(3-15)18-9/h1H3. The SMILES string of the molecule is Cc1nc2nc(C#N)c(C#N)nc2nc1C(F)(F)F. The van der Waals surface area contributed by atoms with E-state index in [1.165, 1.54) is 0 Å². The van der Waals surface area contributed by atoms with Crippen LogP contribution in [0, 0.1) is 29.6 Å². The Labute approximate surface area is 104 Å². The molecule has 0 aliphatic heterocycles. The molecule has 94 valence electrons. The lowest BCUT2D eigenvalue weighted by molar-refractivity contribution is -0.141. The molecule has 0 fully saturated rings. The third kappa shape index (κ3) is 2.13. The fraction of sp³-hybridized carbons (Fsp3) is 0.200. The molecule has 0 spiro atoms. The van der Waals surface area contributed by atoms with Crippen molar-refractivity contribution in [2.45, 2.75) is 13.1 Å². The molecule has 0 radical (unpaired) electrons. The molecule has 2 rings (SSSR count). The highest BCUT2D eigenvalue weighted by Gasteiger charge is 2.36. The second-order valence-electron chi connectivity index (χ2n) is 3.45. The predicted molar refractivity (Wildman–Crippen MR) is 54.3 cm³/mol. The van der Waals surface area contributed by atoms with Gasteiger partial charge in [0.15, 0.2) is 28.4 Å². The fourth-order valence-corrected chi connectivity index (χ4v) is 1.39. The van der Waals surface area contributed by atoms with Gasteiger partial charge < -0.3 is 0 Å². The van der Waals surface area contributed by atoms with Crippen LogP contribution in [0.2, 0.25) is 0 Å². The van der Waals surface area contributed by atoms with Crippen molar-refractivity contribution in [3.8, 4) is 12.1 Å². The van der Waals surface area contributed by atoms with E-state index in [0.29, 0.717) is 0 Å². The molecule has 0 aliphatic carbocycles. The molecular formula is C10H3F3N6. The van der Waals surface area contributed by atoms with Crippen LogP contribution in [0.1, 0.15) is 22.8 Å². The summed E-state index contributed by atoms with van der Waals surface area (Å²) in [6.45, 7) is 1.13. The quantitative estimate of drug-likeness (QED) is 0.714. The monoisotopic (exact) mass is 264 g/mol. The summed E-state index contributed by atoms with van der Waals surface area (Å²) in [6, 6.07) is 3.18. The number of alkyl halides is 3. The topological polar surface area (TPSA) is 99.1 Å². The molecule has 0 unspecified atom stereocenters. The molecule has 9 heteroatoms. The maximum absolute atomic E-state index is 12.6. The fourth-order valence-electron chi connectivity index (χ4n) is 1.39. The second-order valence-corrected chi connectivity index (χ2v) is 3.45. The summed E-state index contributed by atoms with van der Waals surface area (Å²) in [5, 5.41) is 17.4. The van der Waals surface area contributed by atoms with Gasteiger partial charge in [0, 0.05) is 0 Å². The van der Waals surface area contributed by atoms with Crippen LogP contribution >= 0.6 is 0 Å². The largest absolute Gasteiger partial charge is 0.435 e. The van der Waals surface area contributed by atoms with E-state index in [4.69, 9.17) is 10.5 Å². The van der Waals surface area contributed by atoms with Crippen molar-refractivity contribution in [2.75, 3.05) is 0 Å². The summed E-state index contributed by atoms with van der Waals surface area (Å²) < 4.78 is 37.9. The van der Waals surface area contributed by atoms with Crippen molar-refractivity contribution in [1.29, 1.82) is 10.5 Å². The lowest BCUT2D eigenvalue weighted by atomic mass is 10.3. The van der Waals surface area contributed by atoms with Crippen molar-refractivity contribution in [1.82, 2.24) is 19.9 Å². The number of hydrogen-bond donors (Lipinski definition) is 0. The maximum Gasteiger partial charge on any atom is 0.435 e. The van der Waals surface area contributed by atoms with Crippen LogP contribution in [0.5, 0.6) is 0 Å². The zero-order valence-corrected chi connectivity index (χ0v) is 9.32. The van der Waals surface area contributed by atoms with Crippen LogP contribution in [0.3, 0.4) is 0 Å². The van der Waals surface area contributed by atoms with Crippen molar-refractivity contribution in [2.24, 2.45) is 0 Å². The Morgan fingerprint density at radius 1 is 0.895 bits per heavy atom. The molecule has 0 atom stereocenters. The van der Waals surface area contributed by atoms with Crippen LogP contribution in [-0.4, -0.2) is 19.9 Å². The van der Waals surface area contributed by atoms with E-state index in [1.54, 1.807) is 12.1 Å². The number of halogens is 3. The summed E-state index contributed by atoms with van der Waals surface area (Å²) in [7, 11) is 0. The zero-order chi connectivity index (χ0) is 14.2. The summed E-state index contributed by atoms with van der Waals surface area (Å²) in [6.07, 6.45) is -4.67. The van der Waals surface area contributed by atoms with E-state index in [2.05, 4.69) is 19.9 Å². The van der Waals surface area contributed by atoms with Gasteiger partial charge in [0.1, 0.15) is 12.1 Å². The van der Waals surface area contributed by atoms with Crippen molar-refractivity contribution in [3.63, 3.8) is 0 Å². The van der Waals surface area contributed by atoms with Crippen LogP contribution in [-0.2, 0) is 6.18 Å². The van der Waals surface area contributed by atoms with Gasteiger partial charge >= 0.3 is 6.18 Å². The van der Waals surface area contributed by atoms with Crippen LogP contribution < -0.4 is 0 Å². The molecule has 0 saturated heterocycles. The van der Waals surface area contributed by atoms with E-state index >= 15 is 0 Å². The van der Waals surface area contributed by atoms with Crippen LogP contribution in [0.25, 0.3) is 11.3 Å². The normalized spacial score (nSPS) is 11.1. The van der Waals surface area contributed by atoms with Crippen LogP contribution in [0.15, 0.2) is 0 Å². The van der Waals surface area contributed by atoms with E-state index in [0.717, 1.165) is 6.92 Å². The first-order valence-corrected chi connectivity index (χ1v) is 4.80. The molecule has 0 saturated carbocycles. The third-order valence-corrected chi connectivity index (χ3v) is 2.17. The van der Waals surface area contributed by atoms with Crippen molar-refractivity contribution in [3.05, 3.63) is 22.8 Å². The first kappa shape index (κ1) is 12.6. The molecular weight excluding hydrogens is 261 g/mol. The molecule has 0 N–H and O–H groups in total. The Kier molecular flexibility index (Phi) is 2.75. The first-order valence-electron chi connectivity index (χ1n) is 4.80. The number of aromatic nitrogens is 4. The minimum absolute atomic E-state index is 0.207. The van der Waals surface area contributed by atoms with Gasteiger partial charge in [-0.25, -0.2) is 19.9 Å². The highest BCUT2D eigenvalue weighted by atomic mass is 19.4. The summed E-state index contributed by atoms with van der Waals surface area (Å²) in [4.78, 5) is 14.1. The highest BCUT2D eigenvalue weighted by molar-refractivity contribution is 5.67. The second kappa shape index (κ2) is 4.14. The number of nitrogens with zero attached hydrogens (tertiary/aromatic N) is 6. The minimum Gasteiger partial charge on any atom is -0.228 e. The molecule has 0 aromatic carbocycles. The molecule has 0 aliphatic rings. The Hall–Kier alpha value is -2.81. The van der Waals surface area contributed by atoms with Gasteiger partial charge in [0.25, 0.3) is 0 Å². The summed E-state index contributed by atoms with van der Waals surface area (Å²) in [5.41, 5.74) is -2.88. The van der Waals surface area contributed by atoms with Gasteiger partial charge in [0.2, 0.25) is 0 Å².